The average Bonchev–Trinajstić information content (AvgIpc) is 3.00. The maximum Gasteiger partial charge on any atom is 0.266 e. The van der Waals surface area contributed by atoms with Gasteiger partial charge in [0.05, 0.1) is 0 Å². The second-order valence-electron chi connectivity index (χ2n) is 4.79. The predicted octanol–water partition coefficient (Wildman–Crippen LogP) is 2.67. The van der Waals surface area contributed by atoms with Gasteiger partial charge in [-0.2, -0.15) is 5.26 Å². The molecule has 0 bridgehead atoms. The number of amides is 1. The molecule has 0 saturated heterocycles. The Bertz CT molecular complexity index is 837. The molecule has 1 aliphatic rings. The third kappa shape index (κ3) is 3.24. The number of nitriles is 1. The number of aromatic hydroxyl groups is 1. The van der Waals surface area contributed by atoms with Crippen molar-refractivity contribution in [3.63, 3.8) is 0 Å². The van der Waals surface area contributed by atoms with Gasteiger partial charge in [-0.05, 0) is 35.9 Å². The molecule has 0 saturated carbocycles. The van der Waals surface area contributed by atoms with Crippen LogP contribution in [0.4, 0.5) is 5.69 Å². The number of nitrogens with zero attached hydrogens (tertiary/aromatic N) is 1. The Morgan fingerprint density at radius 3 is 2.83 bits per heavy atom. The second-order valence-corrected chi connectivity index (χ2v) is 4.79. The van der Waals surface area contributed by atoms with E-state index in [9.17, 15) is 15.2 Å². The molecule has 1 amide bonds. The van der Waals surface area contributed by atoms with Crippen molar-refractivity contribution in [3.8, 4) is 23.3 Å². The monoisotopic (exact) mass is 308 g/mol. The molecule has 0 spiro atoms. The molecule has 0 atom stereocenters. The Morgan fingerprint density at radius 2 is 2.04 bits per heavy atom. The van der Waals surface area contributed by atoms with E-state index >= 15 is 0 Å². The third-order valence-corrected chi connectivity index (χ3v) is 3.18. The van der Waals surface area contributed by atoms with Gasteiger partial charge in [-0.1, -0.05) is 12.1 Å². The molecule has 0 fully saturated rings. The van der Waals surface area contributed by atoms with Crippen molar-refractivity contribution in [2.75, 3.05) is 12.1 Å². The summed E-state index contributed by atoms with van der Waals surface area (Å²) in [5.41, 5.74) is 0.979. The lowest BCUT2D eigenvalue weighted by atomic mass is 10.1. The minimum absolute atomic E-state index is 0.0622. The highest BCUT2D eigenvalue weighted by Gasteiger charge is 2.15. The molecular weight excluding hydrogens is 296 g/mol. The van der Waals surface area contributed by atoms with Gasteiger partial charge in [0.1, 0.15) is 17.4 Å². The molecule has 0 aliphatic carbocycles. The molecule has 3 rings (SSSR count). The first-order valence-electron chi connectivity index (χ1n) is 6.77. The summed E-state index contributed by atoms with van der Waals surface area (Å²) in [6.07, 6.45) is 1.40. The normalized spacial score (nSPS) is 12.6. The maximum atomic E-state index is 12.2. The van der Waals surface area contributed by atoms with E-state index in [2.05, 4.69) is 5.32 Å². The Labute approximate surface area is 132 Å². The van der Waals surface area contributed by atoms with Crippen LogP contribution in [0.1, 0.15) is 5.56 Å². The minimum atomic E-state index is -0.547. The molecule has 6 nitrogen and oxygen atoms in total. The first-order valence-corrected chi connectivity index (χ1v) is 6.77. The fraction of sp³-hybridized carbons (Fsp3) is 0.0588. The Balaban J connectivity index is 1.79. The second kappa shape index (κ2) is 6.12. The number of hydrogen-bond donors (Lipinski definition) is 2. The zero-order chi connectivity index (χ0) is 16.2. The Morgan fingerprint density at radius 1 is 1.22 bits per heavy atom. The van der Waals surface area contributed by atoms with E-state index in [1.807, 2.05) is 6.07 Å². The zero-order valence-corrected chi connectivity index (χ0v) is 11.9. The van der Waals surface area contributed by atoms with Crippen LogP contribution in [0, 0.1) is 11.3 Å². The van der Waals surface area contributed by atoms with Crippen molar-refractivity contribution in [3.05, 3.63) is 53.6 Å². The quantitative estimate of drug-likeness (QED) is 0.672. The van der Waals surface area contributed by atoms with Crippen LogP contribution in [0.25, 0.3) is 6.08 Å². The van der Waals surface area contributed by atoms with Gasteiger partial charge >= 0.3 is 0 Å². The average molecular weight is 308 g/mol. The van der Waals surface area contributed by atoms with E-state index in [-0.39, 0.29) is 18.1 Å². The summed E-state index contributed by atoms with van der Waals surface area (Å²) in [5.74, 6) is 0.666. The topological polar surface area (TPSA) is 91.6 Å². The Kier molecular flexibility index (Phi) is 3.85. The van der Waals surface area contributed by atoms with E-state index in [0.717, 1.165) is 0 Å². The van der Waals surface area contributed by atoms with Crippen molar-refractivity contribution < 1.29 is 19.4 Å². The molecule has 2 aromatic carbocycles. The lowest BCUT2D eigenvalue weighted by Gasteiger charge is -2.05. The van der Waals surface area contributed by atoms with Gasteiger partial charge in [-0.15, -0.1) is 0 Å². The summed E-state index contributed by atoms with van der Waals surface area (Å²) in [6.45, 7) is 0.146. The number of nitrogens with one attached hydrogen (secondary N) is 1. The third-order valence-electron chi connectivity index (χ3n) is 3.18. The molecule has 1 heterocycles. The van der Waals surface area contributed by atoms with Crippen LogP contribution in [-0.2, 0) is 4.79 Å². The fourth-order valence-electron chi connectivity index (χ4n) is 2.10. The molecule has 2 aromatic rings. The molecule has 114 valence electrons. The number of ether oxygens (including phenoxy) is 2. The number of anilines is 1. The number of fused-ring (bicyclic) bond motifs is 1. The van der Waals surface area contributed by atoms with E-state index in [4.69, 9.17) is 9.47 Å². The molecule has 6 heteroatoms. The van der Waals surface area contributed by atoms with E-state index in [1.165, 1.54) is 18.2 Å². The molecule has 23 heavy (non-hydrogen) atoms. The molecule has 2 N–H and O–H groups in total. The Hall–Kier alpha value is -3.46. The summed E-state index contributed by atoms with van der Waals surface area (Å²) >= 11 is 0. The zero-order valence-electron chi connectivity index (χ0n) is 11.9. The summed E-state index contributed by atoms with van der Waals surface area (Å²) < 4.78 is 10.4. The molecular formula is C17H12N2O4. The number of carbonyl (C=O) groups excluding carboxylic acids is 1. The van der Waals surface area contributed by atoms with Crippen LogP contribution in [0.2, 0.25) is 0 Å². The van der Waals surface area contributed by atoms with E-state index < -0.39 is 5.91 Å². The molecule has 0 unspecified atom stereocenters. The van der Waals surface area contributed by atoms with Crippen molar-refractivity contribution in [1.29, 1.82) is 5.26 Å². The molecule has 1 aliphatic heterocycles. The number of hydrogen-bond acceptors (Lipinski definition) is 5. The highest BCUT2D eigenvalue weighted by Crippen LogP contribution is 2.34. The maximum absolute atomic E-state index is 12.2. The van der Waals surface area contributed by atoms with Gasteiger partial charge in [0.25, 0.3) is 5.91 Å². The van der Waals surface area contributed by atoms with Crippen LogP contribution < -0.4 is 14.8 Å². The number of phenolic OH excluding ortho intramolecular Hbond substituents is 1. The lowest BCUT2D eigenvalue weighted by molar-refractivity contribution is -0.112. The first-order chi connectivity index (χ1) is 11.2. The molecule has 0 aromatic heterocycles. The van der Waals surface area contributed by atoms with Crippen molar-refractivity contribution >= 4 is 17.7 Å². The van der Waals surface area contributed by atoms with Gasteiger partial charge in [0, 0.05) is 11.8 Å². The predicted molar refractivity (Wildman–Crippen MR) is 82.9 cm³/mol. The largest absolute Gasteiger partial charge is 0.508 e. The summed E-state index contributed by atoms with van der Waals surface area (Å²) in [5, 5.41) is 21.2. The first kappa shape index (κ1) is 14.5. The smallest absolute Gasteiger partial charge is 0.266 e. The fourth-order valence-corrected chi connectivity index (χ4v) is 2.10. The highest BCUT2D eigenvalue weighted by molar-refractivity contribution is 6.09. The van der Waals surface area contributed by atoms with Crippen molar-refractivity contribution in [1.82, 2.24) is 0 Å². The van der Waals surface area contributed by atoms with Gasteiger partial charge in [0.2, 0.25) is 6.79 Å². The minimum Gasteiger partial charge on any atom is -0.508 e. The van der Waals surface area contributed by atoms with Crippen LogP contribution >= 0.6 is 0 Å². The number of carbonyl (C=O) groups is 1. The van der Waals surface area contributed by atoms with Crippen LogP contribution in [0.5, 0.6) is 17.2 Å². The van der Waals surface area contributed by atoms with E-state index in [1.54, 1.807) is 30.3 Å². The number of benzene rings is 2. The summed E-state index contributed by atoms with van der Waals surface area (Å²) in [6, 6.07) is 13.1. The number of rotatable bonds is 3. The van der Waals surface area contributed by atoms with Crippen molar-refractivity contribution in [2.45, 2.75) is 0 Å². The number of phenols is 1. The van der Waals surface area contributed by atoms with Crippen LogP contribution in [0.15, 0.2) is 48.0 Å². The van der Waals surface area contributed by atoms with Crippen LogP contribution in [0.3, 0.4) is 0 Å². The van der Waals surface area contributed by atoms with Gasteiger partial charge < -0.3 is 19.9 Å². The SMILES string of the molecule is N#C/C(=C\c1cccc(O)c1)C(=O)Nc1ccc2c(c1)OCO2. The van der Waals surface area contributed by atoms with Gasteiger partial charge in [-0.3, -0.25) is 4.79 Å². The summed E-state index contributed by atoms with van der Waals surface area (Å²) in [4.78, 5) is 12.2. The summed E-state index contributed by atoms with van der Waals surface area (Å²) in [7, 11) is 0. The lowest BCUT2D eigenvalue weighted by Crippen LogP contribution is -2.13. The highest BCUT2D eigenvalue weighted by atomic mass is 16.7. The molecule has 0 radical (unpaired) electrons. The van der Waals surface area contributed by atoms with Crippen molar-refractivity contribution in [2.24, 2.45) is 0 Å². The van der Waals surface area contributed by atoms with Gasteiger partial charge in [-0.25, -0.2) is 0 Å². The van der Waals surface area contributed by atoms with E-state index in [0.29, 0.717) is 22.7 Å². The van der Waals surface area contributed by atoms with Gasteiger partial charge in [0.15, 0.2) is 11.5 Å². The standard InChI is InChI=1S/C17H12N2O4/c18-9-12(6-11-2-1-3-14(20)7-11)17(21)19-13-4-5-15-16(8-13)23-10-22-15/h1-8,20H,10H2,(H,19,21)/b12-6+. The van der Waals surface area contributed by atoms with Crippen LogP contribution in [-0.4, -0.2) is 17.8 Å².